The van der Waals surface area contributed by atoms with Crippen LogP contribution in [0.25, 0.3) is 5.69 Å². The average molecular weight is 364 g/mol. The van der Waals surface area contributed by atoms with Crippen LogP contribution in [-0.4, -0.2) is 20.7 Å². The molecular formula is C21H21FN4O. The van der Waals surface area contributed by atoms with Crippen molar-refractivity contribution in [1.82, 2.24) is 14.8 Å². The van der Waals surface area contributed by atoms with Crippen molar-refractivity contribution in [1.29, 1.82) is 0 Å². The molecule has 2 unspecified atom stereocenters. The summed E-state index contributed by atoms with van der Waals surface area (Å²) in [6.07, 6.45) is 4.79. The number of pyridine rings is 1. The van der Waals surface area contributed by atoms with E-state index in [1.54, 1.807) is 18.3 Å². The minimum absolute atomic E-state index is 0.0517. The molecule has 0 spiro atoms. The number of benzene rings is 1. The van der Waals surface area contributed by atoms with Crippen LogP contribution in [0, 0.1) is 11.4 Å². The largest absolute Gasteiger partial charge is 0.308 e. The lowest BCUT2D eigenvalue weighted by Crippen LogP contribution is -2.33. The van der Waals surface area contributed by atoms with Crippen molar-refractivity contribution in [3.8, 4) is 5.69 Å². The monoisotopic (exact) mass is 364 g/mol. The van der Waals surface area contributed by atoms with Gasteiger partial charge < -0.3 is 5.32 Å². The molecule has 2 aromatic heterocycles. The Kier molecular flexibility index (Phi) is 4.06. The fourth-order valence-electron chi connectivity index (χ4n) is 3.92. The van der Waals surface area contributed by atoms with Crippen molar-refractivity contribution >= 4 is 11.7 Å². The topological polar surface area (TPSA) is 59.8 Å². The second-order valence-corrected chi connectivity index (χ2v) is 7.30. The minimum atomic E-state index is -0.576. The molecule has 5 nitrogen and oxygen atoms in total. The van der Waals surface area contributed by atoms with Crippen molar-refractivity contribution in [3.05, 3.63) is 72.4 Å². The molecule has 1 saturated carbocycles. The number of aromatic nitrogens is 3. The van der Waals surface area contributed by atoms with Crippen LogP contribution in [0.3, 0.4) is 0 Å². The van der Waals surface area contributed by atoms with Crippen molar-refractivity contribution in [2.24, 2.45) is 5.41 Å². The standard InChI is InChI=1S/C21H21FN4O/c1-3-20(2)14-21(20,15-7-5-4-6-8-15)19(27)24-18-10-12-26(25-18)16-9-11-23-17(22)13-16/h4-13H,3,14H2,1-2H3,(H,24,25,27). The molecule has 0 saturated heterocycles. The molecule has 0 bridgehead atoms. The summed E-state index contributed by atoms with van der Waals surface area (Å²) in [6, 6.07) is 14.6. The maximum absolute atomic E-state index is 13.3. The molecule has 1 aliphatic rings. The first-order chi connectivity index (χ1) is 13.0. The van der Waals surface area contributed by atoms with Gasteiger partial charge in [-0.15, -0.1) is 0 Å². The zero-order valence-corrected chi connectivity index (χ0v) is 15.3. The summed E-state index contributed by atoms with van der Waals surface area (Å²) in [5.41, 5.74) is 0.957. The molecule has 2 heterocycles. The molecule has 4 rings (SSSR count). The first-order valence-corrected chi connectivity index (χ1v) is 9.03. The summed E-state index contributed by atoms with van der Waals surface area (Å²) >= 11 is 0. The second kappa shape index (κ2) is 6.30. The van der Waals surface area contributed by atoms with Gasteiger partial charge in [-0.3, -0.25) is 4.79 Å². The molecule has 6 heteroatoms. The molecule has 0 radical (unpaired) electrons. The fraction of sp³-hybridized carbons (Fsp3) is 0.286. The van der Waals surface area contributed by atoms with Crippen LogP contribution in [0.4, 0.5) is 10.2 Å². The van der Waals surface area contributed by atoms with Gasteiger partial charge in [-0.1, -0.05) is 44.2 Å². The number of carbonyl (C=O) groups excluding carboxylic acids is 1. The first kappa shape index (κ1) is 17.4. The molecule has 1 fully saturated rings. The molecule has 1 aliphatic carbocycles. The molecule has 0 aliphatic heterocycles. The number of halogens is 1. The molecule has 3 aromatic rings. The average Bonchev–Trinajstić information content (AvgIpc) is 3.07. The van der Waals surface area contributed by atoms with E-state index in [9.17, 15) is 9.18 Å². The van der Waals surface area contributed by atoms with E-state index in [1.165, 1.54) is 16.9 Å². The molecule has 27 heavy (non-hydrogen) atoms. The predicted octanol–water partition coefficient (Wildman–Crippen LogP) is 4.10. The van der Waals surface area contributed by atoms with E-state index in [1.807, 2.05) is 30.3 Å². The maximum atomic E-state index is 13.3. The smallest absolute Gasteiger partial charge is 0.236 e. The van der Waals surface area contributed by atoms with Crippen LogP contribution in [0.2, 0.25) is 0 Å². The van der Waals surface area contributed by atoms with E-state index < -0.39 is 11.4 Å². The highest BCUT2D eigenvalue weighted by Gasteiger charge is 2.68. The van der Waals surface area contributed by atoms with Gasteiger partial charge in [-0.25, -0.2) is 9.67 Å². The summed E-state index contributed by atoms with van der Waals surface area (Å²) in [6.45, 7) is 4.27. The quantitative estimate of drug-likeness (QED) is 0.693. The maximum Gasteiger partial charge on any atom is 0.236 e. The third-order valence-electron chi connectivity index (χ3n) is 5.80. The van der Waals surface area contributed by atoms with Crippen LogP contribution >= 0.6 is 0 Å². The number of amides is 1. The molecule has 1 amide bonds. The van der Waals surface area contributed by atoms with E-state index in [4.69, 9.17) is 0 Å². The van der Waals surface area contributed by atoms with Crippen LogP contribution in [0.1, 0.15) is 32.3 Å². The van der Waals surface area contributed by atoms with E-state index in [-0.39, 0.29) is 11.3 Å². The number of carbonyl (C=O) groups is 1. The van der Waals surface area contributed by atoms with Gasteiger partial charge in [0, 0.05) is 24.5 Å². The van der Waals surface area contributed by atoms with Gasteiger partial charge in [0.2, 0.25) is 11.9 Å². The Morgan fingerprint density at radius 1 is 1.26 bits per heavy atom. The molecule has 1 aromatic carbocycles. The fourth-order valence-corrected chi connectivity index (χ4v) is 3.92. The lowest BCUT2D eigenvalue weighted by Gasteiger charge is -2.21. The predicted molar refractivity (Wildman–Crippen MR) is 101 cm³/mol. The van der Waals surface area contributed by atoms with Crippen molar-refractivity contribution in [2.75, 3.05) is 5.32 Å². The van der Waals surface area contributed by atoms with Crippen LogP contribution in [0.5, 0.6) is 0 Å². The van der Waals surface area contributed by atoms with Gasteiger partial charge in [-0.05, 0) is 29.9 Å². The summed E-state index contributed by atoms with van der Waals surface area (Å²) in [5.74, 6) is -0.185. The van der Waals surface area contributed by atoms with E-state index >= 15 is 0 Å². The third kappa shape index (κ3) is 2.81. The summed E-state index contributed by atoms with van der Waals surface area (Å²) < 4.78 is 14.8. The SMILES string of the molecule is CCC1(C)CC1(C(=O)Nc1ccn(-c2ccnc(F)c2)n1)c1ccccc1. The number of hydrogen-bond acceptors (Lipinski definition) is 3. The lowest BCUT2D eigenvalue weighted by atomic mass is 9.84. The Hall–Kier alpha value is -3.02. The number of nitrogens with one attached hydrogen (secondary N) is 1. The molecule has 138 valence electrons. The number of hydrogen-bond donors (Lipinski definition) is 1. The minimum Gasteiger partial charge on any atom is -0.308 e. The molecular weight excluding hydrogens is 343 g/mol. The van der Waals surface area contributed by atoms with Crippen molar-refractivity contribution < 1.29 is 9.18 Å². The van der Waals surface area contributed by atoms with Crippen LogP contribution in [-0.2, 0) is 10.2 Å². The number of nitrogens with zero attached hydrogens (tertiary/aromatic N) is 3. The van der Waals surface area contributed by atoms with Gasteiger partial charge in [0.25, 0.3) is 0 Å². The second-order valence-electron chi connectivity index (χ2n) is 7.30. The van der Waals surface area contributed by atoms with Crippen LogP contribution < -0.4 is 5.32 Å². The van der Waals surface area contributed by atoms with Gasteiger partial charge in [0.05, 0.1) is 11.1 Å². The normalized spacial score (nSPS) is 23.8. The zero-order chi connectivity index (χ0) is 19.1. The Balaban J connectivity index is 1.60. The molecule has 2 atom stereocenters. The van der Waals surface area contributed by atoms with Crippen molar-refractivity contribution in [3.63, 3.8) is 0 Å². The van der Waals surface area contributed by atoms with E-state index in [2.05, 4.69) is 29.2 Å². The zero-order valence-electron chi connectivity index (χ0n) is 15.3. The highest BCUT2D eigenvalue weighted by Crippen LogP contribution is 2.66. The van der Waals surface area contributed by atoms with Gasteiger partial charge in [0.15, 0.2) is 5.82 Å². The Morgan fingerprint density at radius 3 is 2.70 bits per heavy atom. The Morgan fingerprint density at radius 2 is 2.04 bits per heavy atom. The number of anilines is 1. The van der Waals surface area contributed by atoms with Gasteiger partial charge in [-0.2, -0.15) is 9.49 Å². The van der Waals surface area contributed by atoms with Gasteiger partial charge >= 0.3 is 0 Å². The Bertz CT molecular complexity index is 987. The summed E-state index contributed by atoms with van der Waals surface area (Å²) in [7, 11) is 0. The highest BCUT2D eigenvalue weighted by molar-refractivity contribution is 6.02. The van der Waals surface area contributed by atoms with E-state index in [0.29, 0.717) is 11.5 Å². The first-order valence-electron chi connectivity index (χ1n) is 9.03. The van der Waals surface area contributed by atoms with Crippen molar-refractivity contribution in [2.45, 2.75) is 32.1 Å². The van der Waals surface area contributed by atoms with E-state index in [0.717, 1.165) is 18.4 Å². The summed E-state index contributed by atoms with van der Waals surface area (Å²) in [5, 5.41) is 7.32. The van der Waals surface area contributed by atoms with Crippen LogP contribution in [0.15, 0.2) is 60.9 Å². The number of rotatable bonds is 5. The lowest BCUT2D eigenvalue weighted by molar-refractivity contribution is -0.119. The summed E-state index contributed by atoms with van der Waals surface area (Å²) in [4.78, 5) is 16.8. The van der Waals surface area contributed by atoms with Gasteiger partial charge in [0.1, 0.15) is 0 Å². The molecule has 1 N–H and O–H groups in total. The Labute approximate surface area is 157 Å². The third-order valence-corrected chi connectivity index (χ3v) is 5.80. The highest BCUT2D eigenvalue weighted by atomic mass is 19.1.